The zero-order chi connectivity index (χ0) is 10.4. The van der Waals surface area contributed by atoms with Crippen molar-refractivity contribution in [2.45, 2.75) is 38.6 Å². The van der Waals surface area contributed by atoms with Gasteiger partial charge < -0.3 is 10.5 Å². The van der Waals surface area contributed by atoms with Crippen LogP contribution in [0.5, 0.6) is 0 Å². The van der Waals surface area contributed by atoms with Crippen LogP contribution in [0, 0.1) is 17.8 Å². The highest BCUT2D eigenvalue weighted by Gasteiger charge is 2.17. The lowest BCUT2D eigenvalue weighted by molar-refractivity contribution is -0.136. The number of esters is 1. The highest BCUT2D eigenvalue weighted by atomic mass is 16.5. The Balaban J connectivity index is 2.38. The lowest BCUT2D eigenvalue weighted by atomic mass is 9.87. The van der Waals surface area contributed by atoms with Gasteiger partial charge in [0.2, 0.25) is 0 Å². The average molecular weight is 195 g/mol. The summed E-state index contributed by atoms with van der Waals surface area (Å²) in [5, 5.41) is 0. The largest absolute Gasteiger partial charge is 0.456 e. The molecule has 1 saturated carbocycles. The molecule has 3 heteroatoms. The highest BCUT2D eigenvalue weighted by molar-refractivity contribution is 5.88. The van der Waals surface area contributed by atoms with Crippen molar-refractivity contribution in [1.29, 1.82) is 0 Å². The third-order valence-corrected chi connectivity index (χ3v) is 2.37. The van der Waals surface area contributed by atoms with E-state index >= 15 is 0 Å². The molecule has 0 aromatic rings. The minimum atomic E-state index is -0.424. The monoisotopic (exact) mass is 195 g/mol. The first-order valence-electron chi connectivity index (χ1n) is 5.16. The first-order valence-corrected chi connectivity index (χ1v) is 5.16. The van der Waals surface area contributed by atoms with Gasteiger partial charge in [0.1, 0.15) is 0 Å². The summed E-state index contributed by atoms with van der Waals surface area (Å²) in [5.41, 5.74) is 5.81. The molecule has 0 heterocycles. The second-order valence-electron chi connectivity index (χ2n) is 3.61. The van der Waals surface area contributed by atoms with Crippen molar-refractivity contribution < 1.29 is 9.53 Å². The normalized spacial score (nSPS) is 26.1. The van der Waals surface area contributed by atoms with E-state index in [1.165, 1.54) is 0 Å². The zero-order valence-electron chi connectivity index (χ0n) is 8.58. The standard InChI is InChI=1S/C11H17NO2/c1-2-14-11(13)7-6-9-4-3-5-10(12)8-9/h9-10H,2-5,8,12H2,1H3/t9-,10-/m0/s1. The Morgan fingerprint density at radius 3 is 3.00 bits per heavy atom. The van der Waals surface area contributed by atoms with Crippen molar-refractivity contribution in [2.75, 3.05) is 6.61 Å². The molecule has 14 heavy (non-hydrogen) atoms. The van der Waals surface area contributed by atoms with Crippen molar-refractivity contribution in [3.8, 4) is 11.8 Å². The van der Waals surface area contributed by atoms with Crippen molar-refractivity contribution in [3.63, 3.8) is 0 Å². The zero-order valence-corrected chi connectivity index (χ0v) is 8.58. The Morgan fingerprint density at radius 1 is 1.57 bits per heavy atom. The van der Waals surface area contributed by atoms with Crippen molar-refractivity contribution in [2.24, 2.45) is 11.7 Å². The summed E-state index contributed by atoms with van der Waals surface area (Å²) in [6, 6.07) is 0.255. The van der Waals surface area contributed by atoms with Gasteiger partial charge in [-0.15, -0.1) is 0 Å². The number of hydrogen-bond acceptors (Lipinski definition) is 3. The van der Waals surface area contributed by atoms with E-state index in [2.05, 4.69) is 11.8 Å². The summed E-state index contributed by atoms with van der Waals surface area (Å²) >= 11 is 0. The third-order valence-electron chi connectivity index (χ3n) is 2.37. The van der Waals surface area contributed by atoms with Crippen molar-refractivity contribution in [1.82, 2.24) is 0 Å². The smallest absolute Gasteiger partial charge is 0.384 e. The van der Waals surface area contributed by atoms with Gasteiger partial charge in [-0.2, -0.15) is 0 Å². The van der Waals surface area contributed by atoms with Gasteiger partial charge in [-0.3, -0.25) is 0 Å². The van der Waals surface area contributed by atoms with Crippen molar-refractivity contribution >= 4 is 5.97 Å². The van der Waals surface area contributed by atoms with Gasteiger partial charge in [0, 0.05) is 17.9 Å². The first kappa shape index (κ1) is 11.1. The molecule has 0 radical (unpaired) electrons. The van der Waals surface area contributed by atoms with Crippen LogP contribution in [0.25, 0.3) is 0 Å². The topological polar surface area (TPSA) is 52.3 Å². The van der Waals surface area contributed by atoms with Gasteiger partial charge in [0.25, 0.3) is 0 Å². The Bertz CT molecular complexity index is 252. The Labute approximate surface area is 85.0 Å². The number of hydrogen-bond donors (Lipinski definition) is 1. The molecule has 0 spiro atoms. The number of carbonyl (C=O) groups is 1. The minimum absolute atomic E-state index is 0.255. The fraction of sp³-hybridized carbons (Fsp3) is 0.727. The molecule has 2 atom stereocenters. The molecule has 0 aromatic carbocycles. The summed E-state index contributed by atoms with van der Waals surface area (Å²) in [6.45, 7) is 2.16. The van der Waals surface area contributed by atoms with Crippen LogP contribution in [0.15, 0.2) is 0 Å². The molecular weight excluding hydrogens is 178 g/mol. The molecule has 2 N–H and O–H groups in total. The third kappa shape index (κ3) is 3.80. The van der Waals surface area contributed by atoms with Gasteiger partial charge in [-0.25, -0.2) is 4.79 Å². The number of ether oxygens (including phenoxy) is 1. The highest BCUT2D eigenvalue weighted by Crippen LogP contribution is 2.21. The molecule has 1 aliphatic carbocycles. The predicted molar refractivity (Wildman–Crippen MR) is 54.3 cm³/mol. The number of nitrogens with two attached hydrogens (primary N) is 1. The van der Waals surface area contributed by atoms with E-state index in [1.54, 1.807) is 6.92 Å². The molecule has 0 amide bonds. The molecule has 0 aliphatic heterocycles. The Kier molecular flexibility index (Phi) is 4.48. The molecule has 78 valence electrons. The van der Waals surface area contributed by atoms with E-state index in [-0.39, 0.29) is 12.0 Å². The molecule has 0 saturated heterocycles. The van der Waals surface area contributed by atoms with Crippen molar-refractivity contribution in [3.05, 3.63) is 0 Å². The van der Waals surface area contributed by atoms with Crippen LogP contribution in [0.1, 0.15) is 32.6 Å². The SMILES string of the molecule is CCOC(=O)C#C[C@@H]1CCC[C@H](N)C1. The summed E-state index contributed by atoms with van der Waals surface area (Å²) < 4.78 is 4.72. The second kappa shape index (κ2) is 5.66. The van der Waals surface area contributed by atoms with E-state index in [0.717, 1.165) is 25.7 Å². The molecule has 1 fully saturated rings. The maximum Gasteiger partial charge on any atom is 0.384 e. The molecule has 1 rings (SSSR count). The number of rotatable bonds is 1. The average Bonchev–Trinajstić information content (AvgIpc) is 2.15. The summed E-state index contributed by atoms with van der Waals surface area (Å²) in [5.74, 6) is 5.30. The second-order valence-corrected chi connectivity index (χ2v) is 3.61. The van der Waals surface area contributed by atoms with Crippen LogP contribution >= 0.6 is 0 Å². The lowest BCUT2D eigenvalue weighted by Crippen LogP contribution is -2.27. The van der Waals surface area contributed by atoms with Gasteiger partial charge in [-0.05, 0) is 26.2 Å². The predicted octanol–water partition coefficient (Wildman–Crippen LogP) is 1.07. The fourth-order valence-electron chi connectivity index (χ4n) is 1.69. The molecular formula is C11H17NO2. The quantitative estimate of drug-likeness (QED) is 0.387. The van der Waals surface area contributed by atoms with E-state index < -0.39 is 5.97 Å². The van der Waals surface area contributed by atoms with Crippen LogP contribution < -0.4 is 5.73 Å². The van der Waals surface area contributed by atoms with E-state index in [9.17, 15) is 4.79 Å². The maximum atomic E-state index is 10.9. The van der Waals surface area contributed by atoms with E-state index in [1.807, 2.05) is 0 Å². The lowest BCUT2D eigenvalue weighted by Gasteiger charge is -2.22. The molecule has 0 aromatic heterocycles. The van der Waals surface area contributed by atoms with E-state index in [4.69, 9.17) is 10.5 Å². The van der Waals surface area contributed by atoms with Gasteiger partial charge in [0.15, 0.2) is 0 Å². The molecule has 1 aliphatic rings. The Morgan fingerprint density at radius 2 is 2.36 bits per heavy atom. The van der Waals surface area contributed by atoms with Crippen LogP contribution in [-0.2, 0) is 9.53 Å². The van der Waals surface area contributed by atoms with Crippen LogP contribution in [0.3, 0.4) is 0 Å². The molecule has 3 nitrogen and oxygen atoms in total. The summed E-state index contributed by atoms with van der Waals surface area (Å²) in [6.07, 6.45) is 4.16. The molecule has 0 bridgehead atoms. The fourth-order valence-corrected chi connectivity index (χ4v) is 1.69. The van der Waals surface area contributed by atoms with Gasteiger partial charge in [0.05, 0.1) is 6.61 Å². The first-order chi connectivity index (χ1) is 6.72. The molecule has 0 unspecified atom stereocenters. The van der Waals surface area contributed by atoms with E-state index in [0.29, 0.717) is 6.61 Å². The van der Waals surface area contributed by atoms with Crippen LogP contribution in [-0.4, -0.2) is 18.6 Å². The maximum absolute atomic E-state index is 10.9. The Hall–Kier alpha value is -1.01. The minimum Gasteiger partial charge on any atom is -0.456 e. The van der Waals surface area contributed by atoms with Gasteiger partial charge >= 0.3 is 5.97 Å². The summed E-state index contributed by atoms with van der Waals surface area (Å²) in [4.78, 5) is 10.9. The van der Waals surface area contributed by atoms with Crippen LogP contribution in [0.4, 0.5) is 0 Å². The van der Waals surface area contributed by atoms with Crippen LogP contribution in [0.2, 0.25) is 0 Å². The van der Waals surface area contributed by atoms with Gasteiger partial charge in [-0.1, -0.05) is 12.3 Å². The number of carbonyl (C=O) groups excluding carboxylic acids is 1. The summed E-state index contributed by atoms with van der Waals surface area (Å²) in [7, 11) is 0.